The maximum atomic E-state index is 14.4. The molecule has 4 amide bonds. The van der Waals surface area contributed by atoms with E-state index in [2.05, 4.69) is 0 Å². The van der Waals surface area contributed by atoms with Gasteiger partial charge in [0.1, 0.15) is 11.6 Å². The van der Waals surface area contributed by atoms with E-state index in [0.29, 0.717) is 4.90 Å². The molecular weight excluding hydrogens is 433 g/mol. The van der Waals surface area contributed by atoms with Crippen LogP contribution in [-0.4, -0.2) is 88.4 Å². The summed E-state index contributed by atoms with van der Waals surface area (Å²) in [6, 6.07) is 1.73. The molecule has 0 radical (unpaired) electrons. The van der Waals surface area contributed by atoms with Crippen LogP contribution in [0.2, 0.25) is 0 Å². The Hall–Kier alpha value is -2.94. The van der Waals surface area contributed by atoms with Crippen molar-refractivity contribution in [3.63, 3.8) is 0 Å². The van der Waals surface area contributed by atoms with Gasteiger partial charge in [0.2, 0.25) is 11.8 Å². The molecule has 0 spiro atoms. The zero-order valence-electron chi connectivity index (χ0n) is 17.6. The fraction of sp³-hybridized carbons (Fsp3) is 0.650. The first-order valence-corrected chi connectivity index (χ1v) is 10.1. The molecule has 2 unspecified atom stereocenters. The highest BCUT2D eigenvalue weighted by molar-refractivity contribution is 6.13. The predicted molar refractivity (Wildman–Crippen MR) is 102 cm³/mol. The minimum Gasteiger partial charge on any atom is -0.440 e. The predicted octanol–water partition coefficient (Wildman–Crippen LogP) is 1.39. The first kappa shape index (κ1) is 23.7. The highest BCUT2D eigenvalue weighted by atomic mass is 19.3. The smallest absolute Gasteiger partial charge is 0.423 e. The number of hydrogen-bond acceptors (Lipinski definition) is 7. The van der Waals surface area contributed by atoms with Gasteiger partial charge in [0.05, 0.1) is 19.6 Å². The average molecular weight is 456 g/mol. The number of nitriles is 1. The van der Waals surface area contributed by atoms with Crippen LogP contribution in [0, 0.1) is 11.3 Å². The van der Waals surface area contributed by atoms with Gasteiger partial charge in [0.25, 0.3) is 11.8 Å². The van der Waals surface area contributed by atoms with E-state index >= 15 is 0 Å². The number of carbonyl (C=O) groups excluding carboxylic acids is 4. The molecule has 0 saturated carbocycles. The third-order valence-electron chi connectivity index (χ3n) is 5.81. The molecule has 3 rings (SSSR count). The number of alkyl halides is 3. The van der Waals surface area contributed by atoms with Gasteiger partial charge in [-0.15, -0.1) is 0 Å². The number of amides is 4. The van der Waals surface area contributed by atoms with E-state index in [4.69, 9.17) is 4.74 Å². The summed E-state index contributed by atoms with van der Waals surface area (Å²) in [6.45, 7) is 1.91. The lowest BCUT2D eigenvalue weighted by atomic mass is 9.99. The van der Waals surface area contributed by atoms with Crippen molar-refractivity contribution in [3.8, 4) is 6.07 Å². The fourth-order valence-corrected chi connectivity index (χ4v) is 3.96. The van der Waals surface area contributed by atoms with E-state index < -0.39 is 60.6 Å². The second kappa shape index (κ2) is 8.54. The van der Waals surface area contributed by atoms with E-state index in [9.17, 15) is 37.6 Å². The highest BCUT2D eigenvalue weighted by Crippen LogP contribution is 2.33. The summed E-state index contributed by atoms with van der Waals surface area (Å²) in [4.78, 5) is 50.8. The third kappa shape index (κ3) is 4.77. The molecular formula is C20H23F3N4O5. The normalized spacial score (nSPS) is 26.6. The van der Waals surface area contributed by atoms with Crippen LogP contribution in [0.15, 0.2) is 11.6 Å². The van der Waals surface area contributed by atoms with Crippen molar-refractivity contribution in [2.24, 2.45) is 0 Å². The Labute approximate surface area is 182 Å². The lowest BCUT2D eigenvalue weighted by molar-refractivity contribution is -0.137. The molecule has 3 fully saturated rings. The highest BCUT2D eigenvalue weighted by Gasteiger charge is 2.45. The monoisotopic (exact) mass is 456 g/mol. The summed E-state index contributed by atoms with van der Waals surface area (Å²) >= 11 is 0. The number of ether oxygens (including phenoxy) is 1. The molecule has 3 aliphatic heterocycles. The molecule has 32 heavy (non-hydrogen) atoms. The summed E-state index contributed by atoms with van der Waals surface area (Å²) in [7, 11) is 0. The van der Waals surface area contributed by atoms with Crippen LogP contribution in [0.1, 0.15) is 33.1 Å². The van der Waals surface area contributed by atoms with E-state index in [1.54, 1.807) is 19.9 Å². The van der Waals surface area contributed by atoms with Crippen molar-refractivity contribution in [3.05, 3.63) is 11.6 Å². The number of carbonyl (C=O) groups is 4. The fourth-order valence-electron chi connectivity index (χ4n) is 3.96. The molecule has 3 aliphatic rings. The summed E-state index contributed by atoms with van der Waals surface area (Å²) in [5.74, 6) is -5.18. The molecule has 0 aromatic carbocycles. The molecule has 0 N–H and O–H groups in total. The number of nitrogens with zero attached hydrogens (tertiary/aromatic N) is 4. The van der Waals surface area contributed by atoms with Gasteiger partial charge in [-0.2, -0.15) is 10.2 Å². The number of hydrogen-bond donors (Lipinski definition) is 0. The summed E-state index contributed by atoms with van der Waals surface area (Å²) < 4.78 is 46.5. The lowest BCUT2D eigenvalue weighted by Crippen LogP contribution is -2.43. The Bertz CT molecular complexity index is 897. The number of halogens is 3. The van der Waals surface area contributed by atoms with Crippen molar-refractivity contribution in [1.82, 2.24) is 14.7 Å². The molecule has 9 nitrogen and oxygen atoms in total. The zero-order chi connectivity index (χ0) is 23.8. The van der Waals surface area contributed by atoms with Gasteiger partial charge in [0, 0.05) is 31.3 Å². The third-order valence-corrected chi connectivity index (χ3v) is 5.81. The second-order valence-electron chi connectivity index (χ2n) is 8.62. The molecule has 174 valence electrons. The molecule has 0 aliphatic carbocycles. The second-order valence-corrected chi connectivity index (χ2v) is 8.62. The van der Waals surface area contributed by atoms with E-state index in [1.165, 1.54) is 11.0 Å². The Kier molecular flexibility index (Phi) is 6.33. The van der Waals surface area contributed by atoms with Crippen molar-refractivity contribution in [2.75, 3.05) is 26.2 Å². The van der Waals surface area contributed by atoms with Crippen LogP contribution >= 0.6 is 0 Å². The van der Waals surface area contributed by atoms with Gasteiger partial charge in [0.15, 0.2) is 12.3 Å². The first-order chi connectivity index (χ1) is 14.8. The maximum absolute atomic E-state index is 14.4. The van der Waals surface area contributed by atoms with Crippen molar-refractivity contribution < 1.29 is 37.1 Å². The Morgan fingerprint density at radius 2 is 1.84 bits per heavy atom. The molecule has 2 atom stereocenters. The Morgan fingerprint density at radius 1 is 1.22 bits per heavy atom. The van der Waals surface area contributed by atoms with Crippen LogP contribution in [-0.2, 0) is 19.1 Å². The van der Waals surface area contributed by atoms with Gasteiger partial charge >= 0.3 is 6.09 Å². The Balaban J connectivity index is 1.67. The van der Waals surface area contributed by atoms with Gasteiger partial charge in [-0.05, 0) is 19.9 Å². The van der Waals surface area contributed by atoms with Crippen molar-refractivity contribution in [1.29, 1.82) is 5.26 Å². The topological polar surface area (TPSA) is 111 Å². The Morgan fingerprint density at radius 3 is 2.38 bits per heavy atom. The minimum atomic E-state index is -2.85. The standard InChI is InChI=1S/C20H23F3N4O5/c1-19(2,26-6-5-20(22,23)11-26)7-12(8-24)17(30)25-9-13(21)14(10-25)32-18(31)27-15(28)3-4-16(27)29/h7,13-14H,3-6,9-11H2,1-2H3. The van der Waals surface area contributed by atoms with Gasteiger partial charge in [-0.3, -0.25) is 19.3 Å². The molecule has 0 bridgehead atoms. The number of imide groups is 3. The van der Waals surface area contributed by atoms with E-state index in [-0.39, 0.29) is 37.9 Å². The molecule has 12 heteroatoms. The van der Waals surface area contributed by atoms with Crippen LogP contribution < -0.4 is 0 Å². The average Bonchev–Trinajstić information content (AvgIpc) is 3.36. The summed E-state index contributed by atoms with van der Waals surface area (Å²) in [5, 5.41) is 9.45. The maximum Gasteiger partial charge on any atom is 0.423 e. The number of likely N-dealkylation sites (tertiary alicyclic amines) is 3. The van der Waals surface area contributed by atoms with E-state index in [1.807, 2.05) is 0 Å². The van der Waals surface area contributed by atoms with Gasteiger partial charge in [-0.1, -0.05) is 0 Å². The van der Waals surface area contributed by atoms with E-state index in [0.717, 1.165) is 4.90 Å². The SMILES string of the molecule is CC(C)(C=C(C#N)C(=O)N1CC(F)C(OC(=O)N2C(=O)CCC2=O)C1)N1CCC(F)(F)C1. The van der Waals surface area contributed by atoms with Crippen molar-refractivity contribution in [2.45, 2.75) is 56.8 Å². The van der Waals surface area contributed by atoms with Crippen molar-refractivity contribution >= 4 is 23.8 Å². The van der Waals surface area contributed by atoms with Crippen LogP contribution in [0.3, 0.4) is 0 Å². The molecule has 3 saturated heterocycles. The van der Waals surface area contributed by atoms with Gasteiger partial charge in [-0.25, -0.2) is 18.0 Å². The minimum absolute atomic E-state index is 0.0889. The van der Waals surface area contributed by atoms with Crippen LogP contribution in [0.25, 0.3) is 0 Å². The summed E-state index contributed by atoms with van der Waals surface area (Å²) in [6.07, 6.45) is -3.85. The van der Waals surface area contributed by atoms with Crippen LogP contribution in [0.5, 0.6) is 0 Å². The quantitative estimate of drug-likeness (QED) is 0.357. The first-order valence-electron chi connectivity index (χ1n) is 10.1. The van der Waals surface area contributed by atoms with Gasteiger partial charge < -0.3 is 9.64 Å². The zero-order valence-corrected chi connectivity index (χ0v) is 17.6. The largest absolute Gasteiger partial charge is 0.440 e. The molecule has 0 aromatic heterocycles. The number of rotatable bonds is 4. The lowest BCUT2D eigenvalue weighted by Gasteiger charge is -2.33. The molecule has 0 aromatic rings. The molecule has 3 heterocycles. The van der Waals surface area contributed by atoms with Crippen LogP contribution in [0.4, 0.5) is 18.0 Å². The summed E-state index contributed by atoms with van der Waals surface area (Å²) in [5.41, 5.74) is -1.38.